The Morgan fingerprint density at radius 2 is 2.00 bits per heavy atom. The Balaban J connectivity index is 2.23. The second-order valence-electron chi connectivity index (χ2n) is 5.36. The molecule has 0 heterocycles. The molecule has 0 fully saturated rings. The minimum absolute atomic E-state index is 0.112. The maximum absolute atomic E-state index is 14.0. The van der Waals surface area contributed by atoms with Gasteiger partial charge in [-0.3, -0.25) is 0 Å². The topological polar surface area (TPSA) is 12.0 Å². The van der Waals surface area contributed by atoms with E-state index < -0.39 is 0 Å². The van der Waals surface area contributed by atoms with Crippen LogP contribution in [0, 0.1) is 12.7 Å². The van der Waals surface area contributed by atoms with Gasteiger partial charge in [-0.25, -0.2) is 4.39 Å². The molecule has 1 nitrogen and oxygen atoms in total. The van der Waals surface area contributed by atoms with E-state index >= 15 is 0 Å². The fourth-order valence-corrected chi connectivity index (χ4v) is 2.58. The van der Waals surface area contributed by atoms with E-state index in [0.717, 1.165) is 13.0 Å². The molecule has 1 unspecified atom stereocenters. The van der Waals surface area contributed by atoms with Gasteiger partial charge < -0.3 is 5.32 Å². The molecule has 2 aromatic rings. The van der Waals surface area contributed by atoms with Crippen LogP contribution in [-0.4, -0.2) is 6.54 Å². The van der Waals surface area contributed by atoms with Crippen molar-refractivity contribution < 1.29 is 4.39 Å². The molecule has 1 N–H and O–H groups in total. The number of hydrogen-bond acceptors (Lipinski definition) is 1. The van der Waals surface area contributed by atoms with E-state index in [-0.39, 0.29) is 11.9 Å². The van der Waals surface area contributed by atoms with Crippen LogP contribution in [0.15, 0.2) is 42.5 Å². The van der Waals surface area contributed by atoms with Gasteiger partial charge in [0.05, 0.1) is 0 Å². The molecular weight excluding hydrogens is 285 g/mol. The lowest BCUT2D eigenvalue weighted by molar-refractivity contribution is 0.513. The zero-order valence-corrected chi connectivity index (χ0v) is 13.3. The Kier molecular flexibility index (Phi) is 5.77. The minimum Gasteiger partial charge on any atom is -0.310 e. The molecule has 0 aliphatic rings. The van der Waals surface area contributed by atoms with E-state index in [1.165, 1.54) is 17.2 Å². The number of benzene rings is 2. The fraction of sp³-hybridized carbons (Fsp3) is 0.333. The third-order valence-electron chi connectivity index (χ3n) is 3.52. The summed E-state index contributed by atoms with van der Waals surface area (Å²) in [4.78, 5) is 0. The van der Waals surface area contributed by atoms with Crippen molar-refractivity contribution in [2.24, 2.45) is 0 Å². The SMILES string of the molecule is CCCNC(Cc1ccc(Cl)cc1F)c1cccc(C)c1. The molecule has 0 bridgehead atoms. The maximum atomic E-state index is 14.0. The Morgan fingerprint density at radius 3 is 2.67 bits per heavy atom. The van der Waals surface area contributed by atoms with Gasteiger partial charge in [0.1, 0.15) is 5.82 Å². The molecule has 0 aromatic heterocycles. The van der Waals surface area contributed by atoms with Gasteiger partial charge in [-0.05, 0) is 49.6 Å². The van der Waals surface area contributed by atoms with Gasteiger partial charge in [0.15, 0.2) is 0 Å². The van der Waals surface area contributed by atoms with Gasteiger partial charge in [0, 0.05) is 11.1 Å². The van der Waals surface area contributed by atoms with Crippen LogP contribution in [0.5, 0.6) is 0 Å². The number of hydrogen-bond donors (Lipinski definition) is 1. The van der Waals surface area contributed by atoms with Crippen molar-refractivity contribution in [2.45, 2.75) is 32.7 Å². The van der Waals surface area contributed by atoms with Crippen LogP contribution < -0.4 is 5.32 Å². The molecule has 0 amide bonds. The van der Waals surface area contributed by atoms with Crippen LogP contribution in [0.4, 0.5) is 4.39 Å². The molecule has 0 saturated carbocycles. The first-order valence-electron chi connectivity index (χ1n) is 7.34. The smallest absolute Gasteiger partial charge is 0.127 e. The Bertz CT molecular complexity index is 598. The van der Waals surface area contributed by atoms with Crippen molar-refractivity contribution in [3.63, 3.8) is 0 Å². The number of halogens is 2. The fourth-order valence-electron chi connectivity index (χ4n) is 2.42. The Hall–Kier alpha value is -1.38. The van der Waals surface area contributed by atoms with Crippen LogP contribution in [0.1, 0.15) is 36.1 Å². The van der Waals surface area contributed by atoms with E-state index in [9.17, 15) is 4.39 Å². The molecule has 2 aromatic carbocycles. The van der Waals surface area contributed by atoms with Gasteiger partial charge in [0.25, 0.3) is 0 Å². The Labute approximate surface area is 131 Å². The number of rotatable bonds is 6. The molecule has 0 spiro atoms. The molecule has 2 rings (SSSR count). The molecule has 0 aliphatic carbocycles. The summed E-state index contributed by atoms with van der Waals surface area (Å²) in [5, 5.41) is 3.94. The summed E-state index contributed by atoms with van der Waals surface area (Å²) >= 11 is 5.82. The summed E-state index contributed by atoms with van der Waals surface area (Å²) in [5.74, 6) is -0.238. The Morgan fingerprint density at radius 1 is 1.19 bits per heavy atom. The molecule has 112 valence electrons. The monoisotopic (exact) mass is 305 g/mol. The zero-order chi connectivity index (χ0) is 15.2. The quantitative estimate of drug-likeness (QED) is 0.785. The van der Waals surface area contributed by atoms with Crippen molar-refractivity contribution in [3.8, 4) is 0 Å². The van der Waals surface area contributed by atoms with Gasteiger partial charge in [-0.15, -0.1) is 0 Å². The van der Waals surface area contributed by atoms with E-state index in [1.807, 2.05) is 6.07 Å². The molecule has 21 heavy (non-hydrogen) atoms. The zero-order valence-electron chi connectivity index (χ0n) is 12.5. The molecular formula is C18H21ClFN. The van der Waals surface area contributed by atoms with Crippen LogP contribution in [0.2, 0.25) is 5.02 Å². The first kappa shape index (κ1) is 16.0. The van der Waals surface area contributed by atoms with Crippen LogP contribution in [-0.2, 0) is 6.42 Å². The first-order chi connectivity index (χ1) is 10.1. The summed E-state index contributed by atoms with van der Waals surface area (Å²) in [5.41, 5.74) is 3.10. The summed E-state index contributed by atoms with van der Waals surface area (Å²) in [7, 11) is 0. The molecule has 0 aliphatic heterocycles. The lowest BCUT2D eigenvalue weighted by Crippen LogP contribution is -2.24. The highest BCUT2D eigenvalue weighted by Crippen LogP contribution is 2.23. The molecule has 1 atom stereocenters. The molecule has 0 saturated heterocycles. The lowest BCUT2D eigenvalue weighted by atomic mass is 9.97. The average Bonchev–Trinajstić information content (AvgIpc) is 2.45. The summed E-state index contributed by atoms with van der Waals surface area (Å²) in [6, 6.07) is 13.4. The van der Waals surface area contributed by atoms with Gasteiger partial charge >= 0.3 is 0 Å². The highest BCUT2D eigenvalue weighted by Gasteiger charge is 2.14. The second kappa shape index (κ2) is 7.58. The van der Waals surface area contributed by atoms with Gasteiger partial charge in [0.2, 0.25) is 0 Å². The lowest BCUT2D eigenvalue weighted by Gasteiger charge is -2.20. The normalized spacial score (nSPS) is 12.4. The van der Waals surface area contributed by atoms with E-state index in [1.54, 1.807) is 12.1 Å². The third kappa shape index (κ3) is 4.55. The van der Waals surface area contributed by atoms with E-state index in [0.29, 0.717) is 17.0 Å². The van der Waals surface area contributed by atoms with Crippen molar-refractivity contribution in [2.75, 3.05) is 6.54 Å². The summed E-state index contributed by atoms with van der Waals surface area (Å²) in [6.45, 7) is 5.11. The van der Waals surface area contributed by atoms with Crippen LogP contribution in [0.25, 0.3) is 0 Å². The predicted octanol–water partition coefficient (Wildman–Crippen LogP) is 5.07. The highest BCUT2D eigenvalue weighted by atomic mass is 35.5. The van der Waals surface area contributed by atoms with Crippen molar-refractivity contribution in [1.82, 2.24) is 5.32 Å². The molecule has 3 heteroatoms. The van der Waals surface area contributed by atoms with E-state index in [2.05, 4.69) is 37.4 Å². The average molecular weight is 306 g/mol. The molecule has 0 radical (unpaired) electrons. The number of aryl methyl sites for hydroxylation is 1. The predicted molar refractivity (Wildman–Crippen MR) is 87.3 cm³/mol. The van der Waals surface area contributed by atoms with E-state index in [4.69, 9.17) is 11.6 Å². The third-order valence-corrected chi connectivity index (χ3v) is 3.76. The van der Waals surface area contributed by atoms with Crippen LogP contribution in [0.3, 0.4) is 0 Å². The van der Waals surface area contributed by atoms with Crippen molar-refractivity contribution >= 4 is 11.6 Å². The van der Waals surface area contributed by atoms with Gasteiger partial charge in [-0.1, -0.05) is 54.4 Å². The maximum Gasteiger partial charge on any atom is 0.127 e. The number of nitrogens with one attached hydrogen (secondary N) is 1. The summed E-state index contributed by atoms with van der Waals surface area (Å²) in [6.07, 6.45) is 1.66. The highest BCUT2D eigenvalue weighted by molar-refractivity contribution is 6.30. The first-order valence-corrected chi connectivity index (χ1v) is 7.72. The second-order valence-corrected chi connectivity index (χ2v) is 5.80. The standard InChI is InChI=1S/C18H21ClFN/c1-3-9-21-18(15-6-4-5-13(2)10-15)11-14-7-8-16(19)12-17(14)20/h4-8,10,12,18,21H,3,9,11H2,1-2H3. The summed E-state index contributed by atoms with van der Waals surface area (Å²) < 4.78 is 14.0. The van der Waals surface area contributed by atoms with Gasteiger partial charge in [-0.2, -0.15) is 0 Å². The largest absolute Gasteiger partial charge is 0.310 e. The van der Waals surface area contributed by atoms with Crippen LogP contribution >= 0.6 is 11.6 Å². The minimum atomic E-state index is -0.238. The van der Waals surface area contributed by atoms with Crippen molar-refractivity contribution in [1.29, 1.82) is 0 Å². The van der Waals surface area contributed by atoms with Crippen molar-refractivity contribution in [3.05, 3.63) is 70.0 Å².